The van der Waals surface area contributed by atoms with Crippen LogP contribution < -0.4 is 10.7 Å². The molecule has 0 fully saturated rings. The van der Waals surface area contributed by atoms with Gasteiger partial charge in [-0.3, -0.25) is 9.59 Å². The van der Waals surface area contributed by atoms with Crippen LogP contribution in [0.5, 0.6) is 5.75 Å². The number of carbonyl (C=O) groups is 1. The number of cyclic esters (lactones) is 1. The Morgan fingerprint density at radius 2 is 1.89 bits per heavy atom. The van der Waals surface area contributed by atoms with Gasteiger partial charge in [0.05, 0.1) is 43.5 Å². The maximum Gasteiger partial charge on any atom is 0.309 e. The van der Waals surface area contributed by atoms with Crippen LogP contribution >= 0.6 is 0 Å². The average molecular weight is 493 g/mol. The first kappa shape index (κ1) is 23.8. The number of phenolic OH excluding ortho intramolecular Hbond substituents is 1. The number of ether oxygens (including phenoxy) is 1. The second-order valence-electron chi connectivity index (χ2n) is 11.4. The molecule has 4 heterocycles. The number of nitrogens with zero attached hydrogens (tertiary/aromatic N) is 2. The van der Waals surface area contributed by atoms with E-state index in [0.717, 1.165) is 22.2 Å². The van der Waals surface area contributed by atoms with Gasteiger partial charge in [0.1, 0.15) is 18.0 Å². The third kappa shape index (κ3) is 3.37. The quantitative estimate of drug-likeness (QED) is 0.325. The van der Waals surface area contributed by atoms with Crippen LogP contribution in [-0.4, -0.2) is 33.8 Å². The predicted octanol–water partition coefficient (Wildman–Crippen LogP) is 3.89. The lowest BCUT2D eigenvalue weighted by molar-refractivity contribution is -0.149. The van der Waals surface area contributed by atoms with Gasteiger partial charge in [0, 0.05) is 5.39 Å². The van der Waals surface area contributed by atoms with Gasteiger partial charge >= 0.3 is 5.97 Å². The summed E-state index contributed by atoms with van der Waals surface area (Å²) in [5, 5.41) is 23.8. The van der Waals surface area contributed by atoms with Crippen LogP contribution in [0, 0.1) is 0 Å². The third-order valence-corrected chi connectivity index (χ3v) is 14.0. The number of hydrogen-bond donors (Lipinski definition) is 2. The molecular formula is C27H32N2O5Si. The molecule has 5 rings (SSSR count). The van der Waals surface area contributed by atoms with Crippen LogP contribution in [0.25, 0.3) is 22.3 Å². The van der Waals surface area contributed by atoms with Crippen LogP contribution in [0.2, 0.25) is 18.1 Å². The van der Waals surface area contributed by atoms with Crippen molar-refractivity contribution in [1.29, 1.82) is 0 Å². The molecule has 2 aliphatic heterocycles. The third-order valence-electron chi connectivity index (χ3n) is 8.43. The Labute approximate surface area is 205 Å². The topological polar surface area (TPSA) is 102 Å². The highest BCUT2D eigenvalue weighted by Crippen LogP contribution is 2.42. The minimum Gasteiger partial charge on any atom is -0.508 e. The number of esters is 1. The first-order chi connectivity index (χ1) is 16.3. The van der Waals surface area contributed by atoms with Crippen LogP contribution in [0.1, 0.15) is 57.2 Å². The Morgan fingerprint density at radius 1 is 1.17 bits per heavy atom. The van der Waals surface area contributed by atoms with Gasteiger partial charge in [-0.1, -0.05) is 40.8 Å². The molecule has 0 aliphatic carbocycles. The molecule has 0 bridgehead atoms. The van der Waals surface area contributed by atoms with Crippen molar-refractivity contribution in [2.24, 2.45) is 0 Å². The molecule has 2 aromatic heterocycles. The normalized spacial score (nSPS) is 19.7. The Kier molecular flexibility index (Phi) is 5.10. The van der Waals surface area contributed by atoms with Crippen molar-refractivity contribution in [1.82, 2.24) is 9.55 Å². The summed E-state index contributed by atoms with van der Waals surface area (Å²) in [7, 11) is -2.15. The van der Waals surface area contributed by atoms with E-state index in [1.54, 1.807) is 23.6 Å². The van der Waals surface area contributed by atoms with E-state index >= 15 is 0 Å². The molecule has 2 aliphatic rings. The highest BCUT2D eigenvalue weighted by Gasteiger charge is 2.44. The molecule has 2 N–H and O–H groups in total. The van der Waals surface area contributed by atoms with Crippen LogP contribution in [0.4, 0.5) is 0 Å². The van der Waals surface area contributed by atoms with E-state index in [2.05, 4.69) is 33.9 Å². The van der Waals surface area contributed by atoms with Crippen molar-refractivity contribution in [2.75, 3.05) is 0 Å². The minimum atomic E-state index is -2.15. The molecule has 184 valence electrons. The van der Waals surface area contributed by atoms with E-state index < -0.39 is 19.6 Å². The average Bonchev–Trinajstić information content (AvgIpc) is 3.07. The van der Waals surface area contributed by atoms with Gasteiger partial charge in [-0.15, -0.1) is 0 Å². The Bertz CT molecular complexity index is 1470. The number of aliphatic hydroxyl groups is 1. The van der Waals surface area contributed by atoms with Crippen LogP contribution in [0.3, 0.4) is 0 Å². The van der Waals surface area contributed by atoms with Gasteiger partial charge in [0.2, 0.25) is 0 Å². The van der Waals surface area contributed by atoms with E-state index in [1.807, 2.05) is 12.1 Å². The van der Waals surface area contributed by atoms with E-state index in [9.17, 15) is 19.8 Å². The number of phenols is 1. The van der Waals surface area contributed by atoms with Gasteiger partial charge in [-0.25, -0.2) is 4.98 Å². The van der Waals surface area contributed by atoms with Gasteiger partial charge in [0.15, 0.2) is 0 Å². The summed E-state index contributed by atoms with van der Waals surface area (Å²) < 4.78 is 6.99. The van der Waals surface area contributed by atoms with Crippen LogP contribution in [-0.2, 0) is 28.3 Å². The summed E-state index contributed by atoms with van der Waals surface area (Å²) in [6, 6.07) is 7.08. The maximum atomic E-state index is 13.7. The van der Waals surface area contributed by atoms with Crippen molar-refractivity contribution in [3.8, 4) is 17.1 Å². The summed E-state index contributed by atoms with van der Waals surface area (Å²) in [4.78, 5) is 30.9. The van der Waals surface area contributed by atoms with Gasteiger partial charge in [-0.05, 0) is 52.0 Å². The maximum absolute atomic E-state index is 13.7. The molecule has 1 aromatic carbocycles. The summed E-state index contributed by atoms with van der Waals surface area (Å²) in [5.41, 5.74) is 2.21. The number of benzene rings is 1. The van der Waals surface area contributed by atoms with E-state index in [1.165, 1.54) is 5.19 Å². The first-order valence-electron chi connectivity index (χ1n) is 12.1. The fourth-order valence-electron chi connectivity index (χ4n) is 5.35. The van der Waals surface area contributed by atoms with Gasteiger partial charge in [0.25, 0.3) is 5.56 Å². The van der Waals surface area contributed by atoms with Crippen molar-refractivity contribution >= 4 is 30.1 Å². The zero-order valence-corrected chi connectivity index (χ0v) is 22.2. The second kappa shape index (κ2) is 7.51. The standard InChI is InChI=1S/C27H32N2O5Si/c1-7-27(33)12-22(31)34-14-18-19(27)11-21-23-17(13-29(21)25(18)32)24(35(5,6)26(2,3)4)16-10-15(30)8-9-20(16)28-23/h8-11,30,33H,7,12-14H2,1-6H3/t27-/m1/s1. The molecule has 1 atom stereocenters. The first-order valence-corrected chi connectivity index (χ1v) is 15.1. The molecule has 0 saturated heterocycles. The van der Waals surface area contributed by atoms with Gasteiger partial charge < -0.3 is 19.5 Å². The molecule has 0 unspecified atom stereocenters. The summed E-state index contributed by atoms with van der Waals surface area (Å²) >= 11 is 0. The van der Waals surface area contributed by atoms with Crippen molar-refractivity contribution in [3.63, 3.8) is 0 Å². The lowest BCUT2D eigenvalue weighted by Gasteiger charge is -2.39. The number of fused-ring (bicyclic) bond motifs is 5. The number of carbonyl (C=O) groups excluding carboxylic acids is 1. The zero-order chi connectivity index (χ0) is 25.5. The fourth-order valence-corrected chi connectivity index (χ4v) is 7.93. The molecule has 0 radical (unpaired) electrons. The van der Waals surface area contributed by atoms with Crippen LogP contribution in [0.15, 0.2) is 29.1 Å². The van der Waals surface area contributed by atoms with Crippen molar-refractivity contribution < 1.29 is 19.7 Å². The van der Waals surface area contributed by atoms with E-state index in [4.69, 9.17) is 9.72 Å². The number of aromatic hydroxyl groups is 1. The van der Waals surface area contributed by atoms with Crippen molar-refractivity contribution in [3.05, 3.63) is 51.3 Å². The highest BCUT2D eigenvalue weighted by molar-refractivity contribution is 6.94. The van der Waals surface area contributed by atoms with Gasteiger partial charge in [-0.2, -0.15) is 0 Å². The summed E-state index contributed by atoms with van der Waals surface area (Å²) in [6.07, 6.45) is 0.0936. The molecule has 0 amide bonds. The number of hydrogen-bond acceptors (Lipinski definition) is 6. The molecule has 35 heavy (non-hydrogen) atoms. The Hall–Kier alpha value is -2.97. The number of rotatable bonds is 2. The molecule has 0 spiro atoms. The smallest absolute Gasteiger partial charge is 0.309 e. The molecule has 8 heteroatoms. The predicted molar refractivity (Wildman–Crippen MR) is 138 cm³/mol. The molecule has 0 saturated carbocycles. The summed E-state index contributed by atoms with van der Waals surface area (Å²) in [5.74, 6) is -0.326. The van der Waals surface area contributed by atoms with E-state index in [0.29, 0.717) is 23.4 Å². The number of aromatic nitrogens is 2. The monoisotopic (exact) mass is 492 g/mol. The highest BCUT2D eigenvalue weighted by atomic mass is 28.3. The SMILES string of the molecule is CC[C@@]1(O)CC(=O)OCc2c1cc1n(c2=O)Cc2c-1nc1ccc(O)cc1c2[Si](C)(C)C(C)(C)C. The second-order valence-corrected chi connectivity index (χ2v) is 16.7. The van der Waals surface area contributed by atoms with E-state index in [-0.39, 0.29) is 35.8 Å². The summed E-state index contributed by atoms with van der Waals surface area (Å²) in [6.45, 7) is 13.4. The van der Waals surface area contributed by atoms with Crippen molar-refractivity contribution in [2.45, 2.75) is 77.4 Å². The fraction of sp³-hybridized carbons (Fsp3) is 0.444. The lowest BCUT2D eigenvalue weighted by Crippen LogP contribution is -2.51. The zero-order valence-electron chi connectivity index (χ0n) is 21.2. The number of pyridine rings is 2. The molecular weight excluding hydrogens is 460 g/mol. The Morgan fingerprint density at radius 3 is 2.54 bits per heavy atom. The minimum absolute atomic E-state index is 0.00801. The lowest BCUT2D eigenvalue weighted by atomic mass is 9.85. The Balaban J connectivity index is 1.87. The largest absolute Gasteiger partial charge is 0.508 e. The molecule has 7 nitrogen and oxygen atoms in total. The molecule has 3 aromatic rings.